The molecule has 3 nitrogen and oxygen atoms in total. The highest BCUT2D eigenvalue weighted by molar-refractivity contribution is 7.90. The quantitative estimate of drug-likeness (QED) is 0.656. The topological polar surface area (TPSA) is 60.2 Å². The van der Waals surface area contributed by atoms with Crippen LogP contribution < -0.4 is 5.73 Å². The van der Waals surface area contributed by atoms with Crippen molar-refractivity contribution in [2.24, 2.45) is 5.73 Å². The fourth-order valence-corrected chi connectivity index (χ4v) is 1.98. The second kappa shape index (κ2) is 3.58. The zero-order chi connectivity index (χ0) is 9.19. The maximum absolute atomic E-state index is 10.8. The van der Waals surface area contributed by atoms with Gasteiger partial charge < -0.3 is 5.73 Å². The number of hydrogen-bond donors (Lipinski definition) is 1. The van der Waals surface area contributed by atoms with E-state index in [4.69, 9.17) is 5.73 Å². The second-order valence-corrected chi connectivity index (χ2v) is 5.67. The van der Waals surface area contributed by atoms with E-state index in [0.29, 0.717) is 6.42 Å². The highest BCUT2D eigenvalue weighted by atomic mass is 32.2. The molecule has 1 rings (SSSR count). The van der Waals surface area contributed by atoms with Gasteiger partial charge in [-0.15, -0.1) is 0 Å². The van der Waals surface area contributed by atoms with Crippen molar-refractivity contribution < 1.29 is 8.42 Å². The number of sulfone groups is 1. The standard InChI is InChI=1S/C8H15NO2S/c1-12(10,11)5-4-7-2-3-8(9)6-7/h6,8H,2-5,9H2,1H3. The average Bonchev–Trinajstić information content (AvgIpc) is 2.30. The largest absolute Gasteiger partial charge is 0.324 e. The summed E-state index contributed by atoms with van der Waals surface area (Å²) >= 11 is 0. The molecule has 1 atom stereocenters. The van der Waals surface area contributed by atoms with E-state index in [-0.39, 0.29) is 11.8 Å². The van der Waals surface area contributed by atoms with Crippen molar-refractivity contribution in [3.05, 3.63) is 11.6 Å². The van der Waals surface area contributed by atoms with Gasteiger partial charge in [-0.05, 0) is 19.3 Å². The molecule has 1 unspecified atom stereocenters. The van der Waals surface area contributed by atoms with Crippen LogP contribution in [0.4, 0.5) is 0 Å². The van der Waals surface area contributed by atoms with E-state index in [0.717, 1.165) is 12.8 Å². The van der Waals surface area contributed by atoms with Crippen LogP contribution in [0.5, 0.6) is 0 Å². The van der Waals surface area contributed by atoms with Gasteiger partial charge in [0.05, 0.1) is 5.75 Å². The van der Waals surface area contributed by atoms with Crippen molar-refractivity contribution >= 4 is 9.84 Å². The molecule has 0 heterocycles. The Morgan fingerprint density at radius 1 is 1.67 bits per heavy atom. The van der Waals surface area contributed by atoms with Crippen LogP contribution in [0.25, 0.3) is 0 Å². The maximum Gasteiger partial charge on any atom is 0.147 e. The summed E-state index contributed by atoms with van der Waals surface area (Å²) in [6, 6.07) is 0.152. The SMILES string of the molecule is CS(=O)(=O)CCC1=CC(N)CC1. The Bertz CT molecular complexity index is 279. The van der Waals surface area contributed by atoms with Crippen LogP contribution in [0.15, 0.2) is 11.6 Å². The van der Waals surface area contributed by atoms with Crippen molar-refractivity contribution in [1.29, 1.82) is 0 Å². The molecule has 0 radical (unpaired) electrons. The summed E-state index contributed by atoms with van der Waals surface area (Å²) < 4.78 is 21.6. The average molecular weight is 189 g/mol. The molecule has 0 saturated heterocycles. The molecule has 0 aromatic carbocycles. The summed E-state index contributed by atoms with van der Waals surface area (Å²) in [6.07, 6.45) is 5.86. The van der Waals surface area contributed by atoms with Crippen molar-refractivity contribution in [2.45, 2.75) is 25.3 Å². The summed E-state index contributed by atoms with van der Waals surface area (Å²) in [5, 5.41) is 0. The fourth-order valence-electron chi connectivity index (χ4n) is 1.35. The highest BCUT2D eigenvalue weighted by Crippen LogP contribution is 2.20. The second-order valence-electron chi connectivity index (χ2n) is 3.41. The molecule has 0 spiro atoms. The van der Waals surface area contributed by atoms with Crippen LogP contribution in [0.2, 0.25) is 0 Å². The number of rotatable bonds is 3. The predicted octanol–water partition coefficient (Wildman–Crippen LogP) is 0.469. The molecule has 0 bridgehead atoms. The third kappa shape index (κ3) is 3.36. The summed E-state index contributed by atoms with van der Waals surface area (Å²) in [7, 11) is -2.81. The number of nitrogens with two attached hydrogens (primary N) is 1. The first-order valence-electron chi connectivity index (χ1n) is 4.10. The smallest absolute Gasteiger partial charge is 0.147 e. The molecular formula is C8H15NO2S. The van der Waals surface area contributed by atoms with Crippen molar-refractivity contribution in [2.75, 3.05) is 12.0 Å². The van der Waals surface area contributed by atoms with Gasteiger partial charge in [-0.25, -0.2) is 8.42 Å². The lowest BCUT2D eigenvalue weighted by molar-refractivity contribution is 0.600. The Hall–Kier alpha value is -0.350. The Morgan fingerprint density at radius 2 is 2.33 bits per heavy atom. The monoisotopic (exact) mass is 189 g/mol. The summed E-state index contributed by atoms with van der Waals surface area (Å²) in [5.74, 6) is 0.256. The molecule has 0 aromatic rings. The first-order chi connectivity index (χ1) is 5.47. The van der Waals surface area contributed by atoms with Crippen LogP contribution in [0.1, 0.15) is 19.3 Å². The fraction of sp³-hybridized carbons (Fsp3) is 0.750. The van der Waals surface area contributed by atoms with Gasteiger partial charge in [0.25, 0.3) is 0 Å². The highest BCUT2D eigenvalue weighted by Gasteiger charge is 2.13. The molecule has 0 fully saturated rings. The van der Waals surface area contributed by atoms with Gasteiger partial charge in [0.1, 0.15) is 9.84 Å². The van der Waals surface area contributed by atoms with Crippen LogP contribution >= 0.6 is 0 Å². The van der Waals surface area contributed by atoms with Gasteiger partial charge in [-0.2, -0.15) is 0 Å². The molecule has 12 heavy (non-hydrogen) atoms. The van der Waals surface area contributed by atoms with Crippen LogP contribution in [0.3, 0.4) is 0 Å². The third-order valence-corrected chi connectivity index (χ3v) is 2.99. The normalized spacial score (nSPS) is 24.2. The molecule has 0 aliphatic heterocycles. The number of allylic oxidation sites excluding steroid dienone is 1. The summed E-state index contributed by atoms with van der Waals surface area (Å²) in [4.78, 5) is 0. The van der Waals surface area contributed by atoms with Gasteiger partial charge >= 0.3 is 0 Å². The van der Waals surface area contributed by atoms with E-state index in [2.05, 4.69) is 0 Å². The Labute approximate surface area is 73.6 Å². The molecule has 1 aliphatic rings. The Kier molecular flexibility index (Phi) is 2.90. The van der Waals surface area contributed by atoms with E-state index in [1.54, 1.807) is 0 Å². The first-order valence-corrected chi connectivity index (χ1v) is 6.16. The van der Waals surface area contributed by atoms with Gasteiger partial charge in [0.2, 0.25) is 0 Å². The zero-order valence-electron chi connectivity index (χ0n) is 7.29. The van der Waals surface area contributed by atoms with E-state index in [1.165, 1.54) is 11.8 Å². The minimum absolute atomic E-state index is 0.152. The van der Waals surface area contributed by atoms with Crippen molar-refractivity contribution in [3.63, 3.8) is 0 Å². The lowest BCUT2D eigenvalue weighted by Gasteiger charge is -1.98. The van der Waals surface area contributed by atoms with Crippen molar-refractivity contribution in [1.82, 2.24) is 0 Å². The van der Waals surface area contributed by atoms with Crippen molar-refractivity contribution in [3.8, 4) is 0 Å². The van der Waals surface area contributed by atoms with E-state index in [9.17, 15) is 8.42 Å². The van der Waals surface area contributed by atoms with Gasteiger partial charge in [-0.1, -0.05) is 11.6 Å². The molecule has 0 aromatic heterocycles. The molecule has 70 valence electrons. The van der Waals surface area contributed by atoms with Crippen LogP contribution in [-0.4, -0.2) is 26.5 Å². The predicted molar refractivity (Wildman–Crippen MR) is 49.6 cm³/mol. The van der Waals surface area contributed by atoms with E-state index >= 15 is 0 Å². The minimum atomic E-state index is -2.81. The molecular weight excluding hydrogens is 174 g/mol. The molecule has 1 aliphatic carbocycles. The molecule has 4 heteroatoms. The zero-order valence-corrected chi connectivity index (χ0v) is 8.10. The summed E-state index contributed by atoms with van der Waals surface area (Å²) in [6.45, 7) is 0. The molecule has 0 saturated carbocycles. The lowest BCUT2D eigenvalue weighted by atomic mass is 10.2. The molecule has 2 N–H and O–H groups in total. The van der Waals surface area contributed by atoms with Gasteiger partial charge in [0, 0.05) is 12.3 Å². The first kappa shape index (κ1) is 9.74. The number of hydrogen-bond acceptors (Lipinski definition) is 3. The minimum Gasteiger partial charge on any atom is -0.324 e. The van der Waals surface area contributed by atoms with Crippen LogP contribution in [0, 0.1) is 0 Å². The van der Waals surface area contributed by atoms with Gasteiger partial charge in [-0.3, -0.25) is 0 Å². The third-order valence-electron chi connectivity index (χ3n) is 2.04. The Balaban J connectivity index is 2.39. The lowest BCUT2D eigenvalue weighted by Crippen LogP contribution is -2.11. The van der Waals surface area contributed by atoms with E-state index < -0.39 is 9.84 Å². The van der Waals surface area contributed by atoms with Crippen LogP contribution in [-0.2, 0) is 9.84 Å². The summed E-state index contributed by atoms with van der Waals surface area (Å²) in [5.41, 5.74) is 6.84. The Morgan fingerprint density at radius 3 is 2.75 bits per heavy atom. The molecule has 0 amide bonds. The van der Waals surface area contributed by atoms with E-state index in [1.807, 2.05) is 6.08 Å². The maximum atomic E-state index is 10.8. The van der Waals surface area contributed by atoms with Gasteiger partial charge in [0.15, 0.2) is 0 Å².